The van der Waals surface area contributed by atoms with E-state index in [1.165, 1.54) is 4.90 Å². The maximum atomic E-state index is 14.5. The lowest BCUT2D eigenvalue weighted by Gasteiger charge is -2.54. The van der Waals surface area contributed by atoms with Crippen molar-refractivity contribution in [3.8, 4) is 0 Å². The Labute approximate surface area is 390 Å². The molecule has 2 saturated heterocycles. The van der Waals surface area contributed by atoms with E-state index in [9.17, 15) is 33.6 Å². The summed E-state index contributed by atoms with van der Waals surface area (Å²) in [6, 6.07) is 13.3. The van der Waals surface area contributed by atoms with E-state index in [4.69, 9.17) is 15.0 Å². The smallest absolute Gasteiger partial charge is 0.408 e. The molecular weight excluding hydrogens is 831 g/mol. The molecule has 358 valence electrons. The van der Waals surface area contributed by atoms with Crippen LogP contribution in [0.15, 0.2) is 60.7 Å². The molecule has 0 unspecified atom stereocenters. The van der Waals surface area contributed by atoms with Crippen molar-refractivity contribution in [3.05, 3.63) is 71.8 Å². The highest BCUT2D eigenvalue weighted by atomic mass is 16.6. The minimum Gasteiger partial charge on any atom is -0.444 e. The van der Waals surface area contributed by atoms with E-state index < -0.39 is 95.5 Å². The van der Waals surface area contributed by atoms with Gasteiger partial charge in [-0.1, -0.05) is 74.5 Å². The molecule has 16 heteroatoms. The average molecular weight is 908 g/mol. The quantitative estimate of drug-likeness (QED) is 0.120. The van der Waals surface area contributed by atoms with Crippen molar-refractivity contribution >= 4 is 41.7 Å². The van der Waals surface area contributed by atoms with E-state index in [1.807, 2.05) is 26.0 Å². The minimum atomic E-state index is -2.29. The van der Waals surface area contributed by atoms with Crippen LogP contribution >= 0.6 is 0 Å². The molecule has 4 rings (SSSR count). The van der Waals surface area contributed by atoms with Crippen molar-refractivity contribution in [1.82, 2.24) is 36.4 Å². The summed E-state index contributed by atoms with van der Waals surface area (Å²) in [5.41, 5.74) is -1.68. The molecule has 2 aromatic rings. The van der Waals surface area contributed by atoms with Gasteiger partial charge < -0.3 is 45.9 Å². The first-order chi connectivity index (χ1) is 32.1. The van der Waals surface area contributed by atoms with Crippen molar-refractivity contribution in [2.24, 2.45) is 11.3 Å². The summed E-state index contributed by atoms with van der Waals surface area (Å²) in [6.45, 7) is 10.7. The van der Waals surface area contributed by atoms with Crippen molar-refractivity contribution in [2.45, 2.75) is 149 Å². The van der Waals surface area contributed by atoms with Gasteiger partial charge in [0.1, 0.15) is 35.4 Å². The normalized spacial score (nSPS) is 19.0. The Balaban J connectivity index is 1.57. The lowest BCUT2D eigenvalue weighted by molar-refractivity contribution is -0.149. The van der Waals surface area contributed by atoms with Crippen molar-refractivity contribution in [2.75, 3.05) is 32.6 Å². The van der Waals surface area contributed by atoms with Gasteiger partial charge in [0, 0.05) is 57.8 Å². The standard InChI is InChI=1S/C49H73N7O9/c1-33(2)28-38(41(58)51-37(22-16-17-25-50-45(62)64-47(4,5)6)44(61)55-26-23-49(24-27-55)31-56(32-49)34(3)57)52-42(59)39(29-35-18-12-10-13-19-35)53-43(60)40(30-36-20-14-11-15-21-36)54-46(63)65-48(7,8)9/h10-15,18-21,33,37-40H,16-17,22-32H2,1-9H3,(H,50,62)(H,51,58)(H,52,59)(H,53,60)(H,54,63)/t37-,38-,39-,40-/m1/s1/i31D2,32D2. The molecule has 2 fully saturated rings. The molecule has 0 bridgehead atoms. The number of likely N-dealkylation sites (tertiary alicyclic amines) is 2. The van der Waals surface area contributed by atoms with Gasteiger partial charge in [-0.3, -0.25) is 24.0 Å². The first-order valence-electron chi connectivity index (χ1n) is 24.6. The second-order valence-corrected chi connectivity index (χ2v) is 19.3. The summed E-state index contributed by atoms with van der Waals surface area (Å²) in [4.78, 5) is 97.1. The number of amides is 7. The van der Waals surface area contributed by atoms with Crippen LogP contribution in [0, 0.1) is 11.3 Å². The Kier molecular flexibility index (Phi) is 16.6. The van der Waals surface area contributed by atoms with E-state index in [-0.39, 0.29) is 64.1 Å². The van der Waals surface area contributed by atoms with Crippen molar-refractivity contribution < 1.29 is 48.5 Å². The Bertz CT molecular complexity index is 2090. The summed E-state index contributed by atoms with van der Waals surface area (Å²) >= 11 is 0. The molecule has 2 aromatic carbocycles. The Morgan fingerprint density at radius 2 is 1.11 bits per heavy atom. The van der Waals surface area contributed by atoms with E-state index in [0.717, 1.165) is 12.5 Å². The number of carbonyl (C=O) groups is 7. The monoisotopic (exact) mass is 908 g/mol. The molecule has 5 N–H and O–H groups in total. The van der Waals surface area contributed by atoms with E-state index in [0.29, 0.717) is 23.3 Å². The lowest BCUT2D eigenvalue weighted by Crippen LogP contribution is -2.63. The number of hydrogen-bond donors (Lipinski definition) is 5. The molecule has 4 atom stereocenters. The summed E-state index contributed by atoms with van der Waals surface area (Å²) in [7, 11) is 0. The van der Waals surface area contributed by atoms with Crippen LogP contribution in [-0.2, 0) is 46.3 Å². The third-order valence-corrected chi connectivity index (χ3v) is 10.6. The SMILES string of the molecule is [2H]C1([2H])N(C(C)=O)C([2H])([2H])C12CCN(C(=O)[C@@H](CCCCNC(=O)OC(C)(C)C)NC(=O)[C@@H](CC(C)C)NC(=O)[C@@H](Cc1ccccc1)NC(=O)[C@@H](Cc1ccccc1)NC(=O)OC(C)(C)C)CC2. The largest absolute Gasteiger partial charge is 0.444 e. The molecule has 0 aromatic heterocycles. The molecule has 1 spiro atoms. The van der Waals surface area contributed by atoms with Gasteiger partial charge in [0.05, 0.1) is 5.48 Å². The second kappa shape index (κ2) is 23.5. The fourth-order valence-corrected chi connectivity index (χ4v) is 7.46. The molecule has 2 aliphatic heterocycles. The lowest BCUT2D eigenvalue weighted by atomic mass is 9.72. The van der Waals surface area contributed by atoms with Crippen LogP contribution in [0.2, 0.25) is 0 Å². The third kappa shape index (κ3) is 17.7. The molecule has 2 heterocycles. The van der Waals surface area contributed by atoms with Gasteiger partial charge in [0.15, 0.2) is 0 Å². The fourth-order valence-electron chi connectivity index (χ4n) is 7.46. The number of rotatable bonds is 19. The van der Waals surface area contributed by atoms with Gasteiger partial charge in [-0.15, -0.1) is 0 Å². The topological polar surface area (TPSA) is 205 Å². The highest BCUT2D eigenvalue weighted by Gasteiger charge is 2.47. The molecule has 7 amide bonds. The van der Waals surface area contributed by atoms with Gasteiger partial charge in [0.2, 0.25) is 29.5 Å². The highest BCUT2D eigenvalue weighted by molar-refractivity contribution is 5.95. The molecule has 16 nitrogen and oxygen atoms in total. The van der Waals surface area contributed by atoms with Crippen molar-refractivity contribution in [3.63, 3.8) is 0 Å². The van der Waals surface area contributed by atoms with Crippen LogP contribution in [0.25, 0.3) is 0 Å². The number of carbonyl (C=O) groups excluding carboxylic acids is 7. The van der Waals surface area contributed by atoms with Gasteiger partial charge in [0.25, 0.3) is 0 Å². The van der Waals surface area contributed by atoms with Gasteiger partial charge in [-0.2, -0.15) is 0 Å². The summed E-state index contributed by atoms with van der Waals surface area (Å²) in [5, 5.41) is 13.9. The summed E-state index contributed by atoms with van der Waals surface area (Å²) in [6.07, 6.45) is -0.473. The third-order valence-electron chi connectivity index (χ3n) is 10.6. The fraction of sp³-hybridized carbons (Fsp3) is 0.612. The zero-order chi connectivity index (χ0) is 51.5. The van der Waals surface area contributed by atoms with Crippen LogP contribution in [0.4, 0.5) is 9.59 Å². The van der Waals surface area contributed by atoms with E-state index in [2.05, 4.69) is 26.6 Å². The number of nitrogens with one attached hydrogen (secondary N) is 5. The van der Waals surface area contributed by atoms with E-state index >= 15 is 0 Å². The predicted octanol–water partition coefficient (Wildman–Crippen LogP) is 5.03. The zero-order valence-electron chi connectivity index (χ0n) is 43.5. The molecule has 0 aliphatic carbocycles. The molecule has 65 heavy (non-hydrogen) atoms. The predicted molar refractivity (Wildman–Crippen MR) is 247 cm³/mol. The van der Waals surface area contributed by atoms with Crippen LogP contribution in [0.3, 0.4) is 0 Å². The van der Waals surface area contributed by atoms with Crippen LogP contribution < -0.4 is 26.6 Å². The molecule has 0 radical (unpaired) electrons. The second-order valence-electron chi connectivity index (χ2n) is 19.3. The molecular formula is C49H73N7O9. The zero-order valence-corrected chi connectivity index (χ0v) is 39.5. The first kappa shape index (κ1) is 45.9. The number of unbranched alkanes of at least 4 members (excludes halogenated alkanes) is 1. The van der Waals surface area contributed by atoms with Crippen LogP contribution in [0.1, 0.15) is 117 Å². The van der Waals surface area contributed by atoms with Crippen LogP contribution in [-0.4, -0.2) is 120 Å². The van der Waals surface area contributed by atoms with Crippen molar-refractivity contribution in [1.29, 1.82) is 0 Å². The average Bonchev–Trinajstić information content (AvgIpc) is 3.23. The number of hydrogen-bond acceptors (Lipinski definition) is 9. The Morgan fingerprint density at radius 1 is 0.646 bits per heavy atom. The first-order valence-corrected chi connectivity index (χ1v) is 22.6. The Hall–Kier alpha value is -5.67. The van der Waals surface area contributed by atoms with Gasteiger partial charge >= 0.3 is 12.2 Å². The van der Waals surface area contributed by atoms with Gasteiger partial charge in [-0.25, -0.2) is 9.59 Å². The highest BCUT2D eigenvalue weighted by Crippen LogP contribution is 2.40. The summed E-state index contributed by atoms with van der Waals surface area (Å²) in [5.74, 6) is -3.39. The minimum absolute atomic E-state index is 0.0217. The molecule has 0 saturated carbocycles. The molecule has 2 aliphatic rings. The van der Waals surface area contributed by atoms with Crippen LogP contribution in [0.5, 0.6) is 0 Å². The number of alkyl carbamates (subject to hydrolysis) is 2. The maximum absolute atomic E-state index is 14.5. The Morgan fingerprint density at radius 3 is 1.60 bits per heavy atom. The number of ether oxygens (including phenoxy) is 2. The van der Waals surface area contributed by atoms with Gasteiger partial charge in [-0.05, 0) is 97.1 Å². The van der Waals surface area contributed by atoms with E-state index in [1.54, 1.807) is 90.1 Å². The maximum Gasteiger partial charge on any atom is 0.408 e. The number of nitrogens with zero attached hydrogens (tertiary/aromatic N) is 2. The number of piperidine rings is 1. The number of benzene rings is 2. The summed E-state index contributed by atoms with van der Waals surface area (Å²) < 4.78 is 45.5.